The summed E-state index contributed by atoms with van der Waals surface area (Å²) in [6, 6.07) is 9.78. The molecule has 5 nitrogen and oxygen atoms in total. The molecule has 0 bridgehead atoms. The van der Waals surface area contributed by atoms with Gasteiger partial charge < -0.3 is 15.4 Å². The lowest BCUT2D eigenvalue weighted by Gasteiger charge is -2.11. The molecule has 1 heterocycles. The standard InChI is InChI=1S/C17H21N3O2/c1-12-4-5-13(2)16(10-12)20-14-6-7-15(19-11-14)17(21)18-8-9-22-3/h4-7,10-11,20H,8-9H2,1-3H3,(H,18,21). The molecule has 2 aromatic rings. The Labute approximate surface area is 130 Å². The molecule has 0 spiro atoms. The minimum atomic E-state index is -0.199. The van der Waals surface area contributed by atoms with Crippen molar-refractivity contribution < 1.29 is 9.53 Å². The molecular formula is C17H21N3O2. The molecule has 0 aliphatic carbocycles. The molecule has 0 fully saturated rings. The highest BCUT2D eigenvalue weighted by Crippen LogP contribution is 2.21. The van der Waals surface area contributed by atoms with Crippen molar-refractivity contribution in [2.75, 3.05) is 25.6 Å². The van der Waals surface area contributed by atoms with Crippen LogP contribution in [0.4, 0.5) is 11.4 Å². The quantitative estimate of drug-likeness (QED) is 0.805. The molecule has 0 unspecified atom stereocenters. The first-order valence-corrected chi connectivity index (χ1v) is 7.17. The van der Waals surface area contributed by atoms with Gasteiger partial charge >= 0.3 is 0 Å². The summed E-state index contributed by atoms with van der Waals surface area (Å²) in [6.45, 7) is 5.06. The Morgan fingerprint density at radius 2 is 2.05 bits per heavy atom. The number of aryl methyl sites for hydroxylation is 2. The summed E-state index contributed by atoms with van der Waals surface area (Å²) in [5.41, 5.74) is 4.63. The van der Waals surface area contributed by atoms with E-state index in [1.807, 2.05) is 13.0 Å². The highest BCUT2D eigenvalue weighted by atomic mass is 16.5. The molecule has 0 aliphatic heterocycles. The van der Waals surface area contributed by atoms with Gasteiger partial charge in [-0.15, -0.1) is 0 Å². The number of hydrogen-bond acceptors (Lipinski definition) is 4. The molecule has 0 saturated heterocycles. The van der Waals surface area contributed by atoms with Crippen LogP contribution in [0.5, 0.6) is 0 Å². The van der Waals surface area contributed by atoms with Gasteiger partial charge in [0.15, 0.2) is 0 Å². The van der Waals surface area contributed by atoms with Gasteiger partial charge in [-0.25, -0.2) is 4.98 Å². The van der Waals surface area contributed by atoms with Crippen LogP contribution in [0.15, 0.2) is 36.5 Å². The Morgan fingerprint density at radius 1 is 1.23 bits per heavy atom. The molecule has 116 valence electrons. The molecule has 0 atom stereocenters. The number of nitrogens with zero attached hydrogens (tertiary/aromatic N) is 1. The average Bonchev–Trinajstić information content (AvgIpc) is 2.52. The van der Waals surface area contributed by atoms with Crippen LogP contribution in [0.2, 0.25) is 0 Å². The second-order valence-corrected chi connectivity index (χ2v) is 5.12. The third-order valence-corrected chi connectivity index (χ3v) is 3.26. The number of benzene rings is 1. The number of hydrogen-bond donors (Lipinski definition) is 2. The number of anilines is 2. The van der Waals surface area contributed by atoms with Crippen LogP contribution in [0.3, 0.4) is 0 Å². The molecular weight excluding hydrogens is 278 g/mol. The summed E-state index contributed by atoms with van der Waals surface area (Å²) in [5.74, 6) is -0.199. The number of rotatable bonds is 6. The second kappa shape index (κ2) is 7.56. The van der Waals surface area contributed by atoms with Crippen LogP contribution in [-0.2, 0) is 4.74 Å². The highest BCUT2D eigenvalue weighted by Gasteiger charge is 2.06. The first-order valence-electron chi connectivity index (χ1n) is 7.17. The molecule has 2 rings (SSSR count). The minimum absolute atomic E-state index is 0.199. The molecule has 0 radical (unpaired) electrons. The molecule has 0 saturated carbocycles. The fourth-order valence-electron chi connectivity index (χ4n) is 1.99. The summed E-state index contributed by atoms with van der Waals surface area (Å²) < 4.78 is 4.89. The van der Waals surface area contributed by atoms with Gasteiger partial charge in [0.25, 0.3) is 5.91 Å². The van der Waals surface area contributed by atoms with Crippen molar-refractivity contribution in [3.63, 3.8) is 0 Å². The van der Waals surface area contributed by atoms with Gasteiger partial charge in [0.2, 0.25) is 0 Å². The molecule has 0 aliphatic rings. The highest BCUT2D eigenvalue weighted by molar-refractivity contribution is 5.92. The topological polar surface area (TPSA) is 63.2 Å². The SMILES string of the molecule is COCCNC(=O)c1ccc(Nc2cc(C)ccc2C)cn1. The van der Waals surface area contributed by atoms with Gasteiger partial charge in [0.05, 0.1) is 18.5 Å². The summed E-state index contributed by atoms with van der Waals surface area (Å²) >= 11 is 0. The summed E-state index contributed by atoms with van der Waals surface area (Å²) in [5, 5.41) is 6.06. The van der Waals surface area contributed by atoms with E-state index >= 15 is 0 Å². The fourth-order valence-corrected chi connectivity index (χ4v) is 1.99. The van der Waals surface area contributed by atoms with E-state index in [-0.39, 0.29) is 5.91 Å². The predicted molar refractivity (Wildman–Crippen MR) is 87.6 cm³/mol. The number of methoxy groups -OCH3 is 1. The fraction of sp³-hybridized carbons (Fsp3) is 0.294. The van der Waals surface area contributed by atoms with E-state index in [4.69, 9.17) is 4.74 Å². The average molecular weight is 299 g/mol. The van der Waals surface area contributed by atoms with E-state index in [0.29, 0.717) is 18.8 Å². The van der Waals surface area contributed by atoms with E-state index in [1.54, 1.807) is 19.4 Å². The number of carbonyl (C=O) groups excluding carboxylic acids is 1. The Kier molecular flexibility index (Phi) is 5.49. The van der Waals surface area contributed by atoms with E-state index < -0.39 is 0 Å². The van der Waals surface area contributed by atoms with Crippen LogP contribution < -0.4 is 10.6 Å². The lowest BCUT2D eigenvalue weighted by Crippen LogP contribution is -2.27. The lowest BCUT2D eigenvalue weighted by molar-refractivity contribution is 0.0932. The maximum atomic E-state index is 11.8. The number of aromatic nitrogens is 1. The number of carbonyl (C=O) groups is 1. The van der Waals surface area contributed by atoms with Gasteiger partial charge in [-0.1, -0.05) is 12.1 Å². The second-order valence-electron chi connectivity index (χ2n) is 5.12. The zero-order valence-corrected chi connectivity index (χ0v) is 13.1. The third kappa shape index (κ3) is 4.30. The van der Waals surface area contributed by atoms with Gasteiger partial charge in [0, 0.05) is 19.3 Å². The van der Waals surface area contributed by atoms with Gasteiger partial charge in [-0.2, -0.15) is 0 Å². The first kappa shape index (κ1) is 16.0. The summed E-state index contributed by atoms with van der Waals surface area (Å²) in [7, 11) is 1.60. The minimum Gasteiger partial charge on any atom is -0.383 e. The van der Waals surface area contributed by atoms with Crippen molar-refractivity contribution >= 4 is 17.3 Å². The summed E-state index contributed by atoms with van der Waals surface area (Å²) in [6.07, 6.45) is 1.66. The van der Waals surface area contributed by atoms with Crippen LogP contribution in [0.25, 0.3) is 0 Å². The van der Waals surface area contributed by atoms with Crippen LogP contribution in [0.1, 0.15) is 21.6 Å². The largest absolute Gasteiger partial charge is 0.383 e. The Morgan fingerprint density at radius 3 is 2.73 bits per heavy atom. The molecule has 5 heteroatoms. The summed E-state index contributed by atoms with van der Waals surface area (Å²) in [4.78, 5) is 16.0. The predicted octanol–water partition coefficient (Wildman–Crippen LogP) is 2.82. The molecule has 1 aromatic heterocycles. The number of nitrogens with one attached hydrogen (secondary N) is 2. The molecule has 2 N–H and O–H groups in total. The first-order chi connectivity index (χ1) is 10.6. The zero-order chi connectivity index (χ0) is 15.9. The zero-order valence-electron chi connectivity index (χ0n) is 13.1. The third-order valence-electron chi connectivity index (χ3n) is 3.26. The number of ether oxygens (including phenoxy) is 1. The number of amides is 1. The Bertz CT molecular complexity index is 639. The Balaban J connectivity index is 2.02. The van der Waals surface area contributed by atoms with Crippen molar-refractivity contribution in [3.8, 4) is 0 Å². The normalized spacial score (nSPS) is 10.3. The number of pyridine rings is 1. The van der Waals surface area contributed by atoms with Crippen molar-refractivity contribution in [2.45, 2.75) is 13.8 Å². The van der Waals surface area contributed by atoms with E-state index in [9.17, 15) is 4.79 Å². The van der Waals surface area contributed by atoms with Crippen molar-refractivity contribution in [1.82, 2.24) is 10.3 Å². The van der Waals surface area contributed by atoms with Crippen molar-refractivity contribution in [3.05, 3.63) is 53.3 Å². The lowest BCUT2D eigenvalue weighted by atomic mass is 10.1. The van der Waals surface area contributed by atoms with Gasteiger partial charge in [-0.05, 0) is 43.2 Å². The van der Waals surface area contributed by atoms with E-state index in [2.05, 4.69) is 40.7 Å². The van der Waals surface area contributed by atoms with Crippen LogP contribution in [0, 0.1) is 13.8 Å². The van der Waals surface area contributed by atoms with E-state index in [1.165, 1.54) is 5.56 Å². The monoisotopic (exact) mass is 299 g/mol. The van der Waals surface area contributed by atoms with Crippen molar-refractivity contribution in [2.24, 2.45) is 0 Å². The smallest absolute Gasteiger partial charge is 0.269 e. The maximum absolute atomic E-state index is 11.8. The Hall–Kier alpha value is -2.40. The van der Waals surface area contributed by atoms with Gasteiger partial charge in [-0.3, -0.25) is 4.79 Å². The van der Waals surface area contributed by atoms with Crippen molar-refractivity contribution in [1.29, 1.82) is 0 Å². The van der Waals surface area contributed by atoms with Crippen LogP contribution in [-0.4, -0.2) is 31.2 Å². The molecule has 1 aromatic carbocycles. The molecule has 1 amide bonds. The van der Waals surface area contributed by atoms with E-state index in [0.717, 1.165) is 16.9 Å². The van der Waals surface area contributed by atoms with Gasteiger partial charge in [0.1, 0.15) is 5.69 Å². The van der Waals surface area contributed by atoms with Crippen LogP contribution >= 0.6 is 0 Å². The molecule has 22 heavy (non-hydrogen) atoms. The maximum Gasteiger partial charge on any atom is 0.269 e.